The van der Waals surface area contributed by atoms with Gasteiger partial charge in [0.05, 0.1) is 29.5 Å². The lowest BCUT2D eigenvalue weighted by Crippen LogP contribution is -2.45. The van der Waals surface area contributed by atoms with Gasteiger partial charge in [-0.3, -0.25) is 14.7 Å². The summed E-state index contributed by atoms with van der Waals surface area (Å²) in [6.45, 7) is 5.71. The number of para-hydroxylation sites is 1. The molecule has 0 radical (unpaired) electrons. The molecule has 238 valence electrons. The molecule has 4 aromatic rings. The Bertz CT molecular complexity index is 1630. The lowest BCUT2D eigenvalue weighted by molar-refractivity contribution is 0.0754. The van der Waals surface area contributed by atoms with Crippen molar-refractivity contribution in [2.75, 3.05) is 50.5 Å². The number of nitrogens with one attached hydrogen (secondary N) is 2. The van der Waals surface area contributed by atoms with Crippen LogP contribution in [0.5, 0.6) is 0 Å². The van der Waals surface area contributed by atoms with Gasteiger partial charge in [0, 0.05) is 74.6 Å². The highest BCUT2D eigenvalue weighted by Gasteiger charge is 2.29. The molecule has 45 heavy (non-hydrogen) atoms. The molecule has 4 heterocycles. The summed E-state index contributed by atoms with van der Waals surface area (Å²) in [6, 6.07) is 7.50. The molecule has 1 aliphatic heterocycles. The van der Waals surface area contributed by atoms with Gasteiger partial charge in [-0.2, -0.15) is 0 Å². The number of hydrogen-bond acceptors (Lipinski definition) is 9. The molecule has 0 bridgehead atoms. The summed E-state index contributed by atoms with van der Waals surface area (Å²) in [6.07, 6.45) is 5.98. The lowest BCUT2D eigenvalue weighted by atomic mass is 9.78. The molecule has 1 aromatic carbocycles. The average Bonchev–Trinajstić information content (AvgIpc) is 3.06. The molecule has 0 spiro atoms. The van der Waals surface area contributed by atoms with Crippen LogP contribution in [0.1, 0.15) is 49.0 Å². The van der Waals surface area contributed by atoms with Crippen molar-refractivity contribution in [2.45, 2.75) is 51.0 Å². The molecule has 1 saturated heterocycles. The molecule has 1 atom stereocenters. The monoisotopic (exact) mass is 621 g/mol. The molecule has 13 heteroatoms. The highest BCUT2D eigenvalue weighted by molar-refractivity contribution is 6.06. The number of pyridine rings is 1. The maximum absolute atomic E-state index is 14.6. The Morgan fingerprint density at radius 2 is 1.84 bits per heavy atom. The maximum atomic E-state index is 14.6. The highest BCUT2D eigenvalue weighted by Crippen LogP contribution is 2.34. The van der Waals surface area contributed by atoms with Crippen molar-refractivity contribution < 1.29 is 18.0 Å². The van der Waals surface area contributed by atoms with Crippen LogP contribution in [0, 0.1) is 5.82 Å². The molecule has 0 aliphatic carbocycles. The number of piperidine rings is 1. The summed E-state index contributed by atoms with van der Waals surface area (Å²) in [7, 11) is 3.40. The number of benzene rings is 1. The second-order valence-corrected chi connectivity index (χ2v) is 11.6. The third-order valence-electron chi connectivity index (χ3n) is 8.81. The van der Waals surface area contributed by atoms with E-state index in [1.807, 2.05) is 30.1 Å². The topological polar surface area (TPSA) is 112 Å². The molecular formula is C32H38F3N9O. The molecule has 5 rings (SSSR count). The van der Waals surface area contributed by atoms with Crippen LogP contribution in [0.25, 0.3) is 22.2 Å². The maximum Gasteiger partial charge on any atom is 0.254 e. The molecule has 2 N–H and O–H groups in total. The molecule has 1 fully saturated rings. The Kier molecular flexibility index (Phi) is 9.76. The number of carbonyl (C=O) groups is 1. The van der Waals surface area contributed by atoms with Crippen LogP contribution >= 0.6 is 0 Å². The van der Waals surface area contributed by atoms with E-state index in [2.05, 4.69) is 49.4 Å². The summed E-state index contributed by atoms with van der Waals surface area (Å²) in [5, 5.41) is 6.40. The number of anilines is 2. The number of aromatic nitrogens is 5. The van der Waals surface area contributed by atoms with E-state index in [1.165, 1.54) is 13.4 Å². The first-order chi connectivity index (χ1) is 21.6. The van der Waals surface area contributed by atoms with Gasteiger partial charge < -0.3 is 15.5 Å². The van der Waals surface area contributed by atoms with Crippen LogP contribution in [0.4, 0.5) is 24.9 Å². The van der Waals surface area contributed by atoms with E-state index >= 15 is 0 Å². The molecule has 3 aromatic heterocycles. The Morgan fingerprint density at radius 1 is 1.11 bits per heavy atom. The van der Waals surface area contributed by atoms with Crippen LogP contribution in [0.2, 0.25) is 0 Å². The van der Waals surface area contributed by atoms with Crippen LogP contribution in [0.15, 0.2) is 49.2 Å². The van der Waals surface area contributed by atoms with Crippen molar-refractivity contribution in [1.29, 1.82) is 0 Å². The number of carbonyl (C=O) groups excluding carboxylic acids is 1. The zero-order valence-electron chi connectivity index (χ0n) is 25.9. The Balaban J connectivity index is 1.29. The minimum Gasteiger partial charge on any atom is -0.369 e. The first kappa shape index (κ1) is 32.0. The number of nitrogens with zero attached hydrogens (tertiary/aromatic N) is 7. The molecule has 1 amide bonds. The van der Waals surface area contributed by atoms with Gasteiger partial charge >= 0.3 is 0 Å². The summed E-state index contributed by atoms with van der Waals surface area (Å²) in [5.41, 5.74) is 2.39. The SMILES string of the molecule is CC[C@](C)(CNc1cc(-c2cnc(N(C)C3CCN(CC(F)F)CC3)nc2)ncn1)c1cccc2c(C(=O)NC)c(F)cnc12. The standard InChI is InChI=1S/C32H38F3N9O/c1-5-32(2,23-8-6-7-22-28(30(45)36-3)24(33)16-37-29(22)23)18-40-27-13-25(41-19-42-27)20-14-38-31(39-15-20)43(4)21-9-11-44(12-10-21)17-26(34)35/h6-8,13-16,19,21,26H,5,9-12,17-18H2,1-4H3,(H,36,45)(H,40,41,42)/t32-/m1/s1. The number of alkyl halides is 2. The lowest BCUT2D eigenvalue weighted by Gasteiger charge is -2.36. The minimum absolute atomic E-state index is 0.0223. The number of rotatable bonds is 11. The van der Waals surface area contributed by atoms with Gasteiger partial charge in [0.25, 0.3) is 12.3 Å². The largest absolute Gasteiger partial charge is 0.369 e. The second-order valence-electron chi connectivity index (χ2n) is 11.6. The summed E-state index contributed by atoms with van der Waals surface area (Å²) >= 11 is 0. The van der Waals surface area contributed by atoms with Crippen molar-refractivity contribution in [3.8, 4) is 11.3 Å². The van der Waals surface area contributed by atoms with Crippen molar-refractivity contribution in [1.82, 2.24) is 35.1 Å². The van der Waals surface area contributed by atoms with Gasteiger partial charge in [-0.15, -0.1) is 0 Å². The van der Waals surface area contributed by atoms with Crippen molar-refractivity contribution in [2.24, 2.45) is 0 Å². The van der Waals surface area contributed by atoms with E-state index in [9.17, 15) is 18.0 Å². The Morgan fingerprint density at radius 3 is 2.51 bits per heavy atom. The number of amides is 1. The smallest absolute Gasteiger partial charge is 0.254 e. The minimum atomic E-state index is -2.32. The predicted molar refractivity (Wildman–Crippen MR) is 168 cm³/mol. The first-order valence-corrected chi connectivity index (χ1v) is 15.0. The van der Waals surface area contributed by atoms with E-state index in [0.29, 0.717) is 48.0 Å². The number of likely N-dealkylation sites (tertiary alicyclic amines) is 1. The van der Waals surface area contributed by atoms with Gasteiger partial charge in [-0.25, -0.2) is 33.1 Å². The molecule has 0 unspecified atom stereocenters. The van der Waals surface area contributed by atoms with E-state index in [0.717, 1.165) is 36.6 Å². The third kappa shape index (κ3) is 6.98. The Labute approximate surface area is 260 Å². The normalized spacial score (nSPS) is 15.6. The third-order valence-corrected chi connectivity index (χ3v) is 8.81. The summed E-state index contributed by atoms with van der Waals surface area (Å²) in [4.78, 5) is 38.6. The number of halogens is 3. The fourth-order valence-electron chi connectivity index (χ4n) is 5.83. The van der Waals surface area contributed by atoms with Gasteiger partial charge in [-0.05, 0) is 24.8 Å². The van der Waals surface area contributed by atoms with Crippen molar-refractivity contribution in [3.05, 3.63) is 66.1 Å². The zero-order chi connectivity index (χ0) is 32.1. The van der Waals surface area contributed by atoms with Crippen LogP contribution < -0.4 is 15.5 Å². The molecular weight excluding hydrogens is 583 g/mol. The quantitative estimate of drug-likeness (QED) is 0.241. The average molecular weight is 622 g/mol. The van der Waals surface area contributed by atoms with Gasteiger partial charge in [-0.1, -0.05) is 32.0 Å². The predicted octanol–water partition coefficient (Wildman–Crippen LogP) is 4.93. The summed E-state index contributed by atoms with van der Waals surface area (Å²) < 4.78 is 40.1. The zero-order valence-corrected chi connectivity index (χ0v) is 25.9. The number of hydrogen-bond donors (Lipinski definition) is 2. The molecule has 1 aliphatic rings. The fourth-order valence-corrected chi connectivity index (χ4v) is 5.83. The molecule has 0 saturated carbocycles. The van der Waals surface area contributed by atoms with Crippen LogP contribution in [-0.2, 0) is 5.41 Å². The van der Waals surface area contributed by atoms with Crippen molar-refractivity contribution in [3.63, 3.8) is 0 Å². The van der Waals surface area contributed by atoms with Crippen LogP contribution in [-0.4, -0.2) is 88.5 Å². The second kappa shape index (κ2) is 13.7. The van der Waals surface area contributed by atoms with Gasteiger partial charge in [0.15, 0.2) is 5.82 Å². The van der Waals surface area contributed by atoms with E-state index in [4.69, 9.17) is 0 Å². The summed E-state index contributed by atoms with van der Waals surface area (Å²) in [5.74, 6) is 0.0148. The van der Waals surface area contributed by atoms with E-state index < -0.39 is 23.6 Å². The van der Waals surface area contributed by atoms with Gasteiger partial charge in [0.2, 0.25) is 5.95 Å². The van der Waals surface area contributed by atoms with Gasteiger partial charge in [0.1, 0.15) is 12.1 Å². The highest BCUT2D eigenvalue weighted by atomic mass is 19.3. The molecule has 10 nitrogen and oxygen atoms in total. The fraction of sp³-hybridized carbons (Fsp3) is 0.438. The first-order valence-electron chi connectivity index (χ1n) is 15.0. The van der Waals surface area contributed by atoms with Crippen molar-refractivity contribution >= 4 is 28.6 Å². The number of fused-ring (bicyclic) bond motifs is 1. The Hall–Kier alpha value is -4.39. The van der Waals surface area contributed by atoms with E-state index in [-0.39, 0.29) is 18.2 Å². The van der Waals surface area contributed by atoms with Crippen LogP contribution in [0.3, 0.4) is 0 Å². The van der Waals surface area contributed by atoms with E-state index in [1.54, 1.807) is 23.4 Å².